The van der Waals surface area contributed by atoms with E-state index in [-0.39, 0.29) is 23.9 Å². The van der Waals surface area contributed by atoms with Crippen LogP contribution in [-0.4, -0.2) is 35.0 Å². The number of hydrogen-bond acceptors (Lipinski definition) is 4. The van der Waals surface area contributed by atoms with Crippen LogP contribution >= 0.6 is 0 Å². The Morgan fingerprint density at radius 2 is 2.33 bits per heavy atom. The zero-order valence-corrected chi connectivity index (χ0v) is 10.8. The van der Waals surface area contributed by atoms with Crippen molar-refractivity contribution in [3.8, 4) is 0 Å². The molecule has 0 aliphatic carbocycles. The summed E-state index contributed by atoms with van der Waals surface area (Å²) in [5.74, 6) is 0.380. The molecule has 1 atom stereocenters. The molecule has 0 amide bonds. The second-order valence-corrected chi connectivity index (χ2v) is 6.97. The summed E-state index contributed by atoms with van der Waals surface area (Å²) in [5, 5.41) is 3.02. The summed E-state index contributed by atoms with van der Waals surface area (Å²) in [6.07, 6.45) is 3.00. The van der Waals surface area contributed by atoms with Gasteiger partial charge in [0.25, 0.3) is 0 Å². The molecule has 1 aliphatic heterocycles. The molecule has 5 nitrogen and oxygen atoms in total. The molecule has 1 saturated heterocycles. The van der Waals surface area contributed by atoms with Gasteiger partial charge in [-0.2, -0.15) is 8.78 Å². The average Bonchev–Trinajstić information content (AvgIpc) is 2.81. The van der Waals surface area contributed by atoms with Crippen LogP contribution in [0.25, 0.3) is 0 Å². The van der Waals surface area contributed by atoms with E-state index in [0.29, 0.717) is 6.42 Å². The quantitative estimate of drug-likeness (QED) is 0.891. The third-order valence-electron chi connectivity index (χ3n) is 3.14. The molecule has 1 unspecified atom stereocenters. The van der Waals surface area contributed by atoms with Gasteiger partial charge in [0.15, 0.2) is 9.84 Å². The van der Waals surface area contributed by atoms with E-state index in [2.05, 4.69) is 10.3 Å². The summed E-state index contributed by atoms with van der Waals surface area (Å²) in [6, 6.07) is 0. The number of aromatic nitrogens is 2. The molecule has 1 fully saturated rings. The third kappa shape index (κ3) is 2.86. The van der Waals surface area contributed by atoms with Gasteiger partial charge in [0.1, 0.15) is 5.82 Å². The summed E-state index contributed by atoms with van der Waals surface area (Å²) in [4.78, 5) is 3.84. The van der Waals surface area contributed by atoms with Gasteiger partial charge in [0, 0.05) is 17.9 Å². The molecular weight excluding hydrogens is 264 g/mol. The van der Waals surface area contributed by atoms with E-state index >= 15 is 0 Å². The van der Waals surface area contributed by atoms with Gasteiger partial charge in [0.2, 0.25) is 0 Å². The first-order valence-electron chi connectivity index (χ1n) is 5.57. The summed E-state index contributed by atoms with van der Waals surface area (Å²) < 4.78 is 48.7. The van der Waals surface area contributed by atoms with Crippen molar-refractivity contribution in [3.63, 3.8) is 0 Å². The monoisotopic (exact) mass is 279 g/mol. The predicted octanol–water partition coefficient (Wildman–Crippen LogP) is 0.945. The molecule has 2 rings (SSSR count). The zero-order valence-electron chi connectivity index (χ0n) is 9.94. The molecule has 0 saturated carbocycles. The highest BCUT2D eigenvalue weighted by atomic mass is 32.2. The molecule has 1 aromatic heterocycles. The first-order valence-corrected chi connectivity index (χ1v) is 7.39. The maximum absolute atomic E-state index is 12.6. The van der Waals surface area contributed by atoms with Gasteiger partial charge in [-0.25, -0.2) is 13.4 Å². The highest BCUT2D eigenvalue weighted by Crippen LogP contribution is 2.23. The summed E-state index contributed by atoms with van der Waals surface area (Å²) in [5.41, 5.74) is -0.558. The van der Waals surface area contributed by atoms with Crippen LogP contribution in [0.1, 0.15) is 25.7 Å². The van der Waals surface area contributed by atoms with Crippen LogP contribution in [0.3, 0.4) is 0 Å². The lowest BCUT2D eigenvalue weighted by molar-refractivity contribution is 0.0662. The highest BCUT2D eigenvalue weighted by molar-refractivity contribution is 7.91. The fourth-order valence-corrected chi connectivity index (χ4v) is 4.22. The van der Waals surface area contributed by atoms with E-state index in [0.717, 1.165) is 4.57 Å². The predicted molar refractivity (Wildman–Crippen MR) is 62.0 cm³/mol. The first kappa shape index (κ1) is 13.4. The van der Waals surface area contributed by atoms with Crippen LogP contribution in [0, 0.1) is 0 Å². The van der Waals surface area contributed by atoms with Gasteiger partial charge in [-0.3, -0.25) is 4.57 Å². The Hall–Kier alpha value is -1.02. The van der Waals surface area contributed by atoms with E-state index in [4.69, 9.17) is 0 Å². The molecule has 0 radical (unpaired) electrons. The van der Waals surface area contributed by atoms with Crippen molar-refractivity contribution in [1.82, 2.24) is 14.9 Å². The van der Waals surface area contributed by atoms with E-state index in [1.165, 1.54) is 12.4 Å². The van der Waals surface area contributed by atoms with Gasteiger partial charge in [-0.15, -0.1) is 0 Å². The lowest BCUT2D eigenvalue weighted by Crippen LogP contribution is -2.43. The summed E-state index contributed by atoms with van der Waals surface area (Å²) in [6.45, 7) is -0.722. The van der Waals surface area contributed by atoms with Crippen molar-refractivity contribution in [1.29, 1.82) is 0 Å². The number of sulfone groups is 1. The van der Waals surface area contributed by atoms with Gasteiger partial charge in [0.05, 0.1) is 18.1 Å². The molecule has 102 valence electrons. The molecular formula is C10H15F2N3O2S. The van der Waals surface area contributed by atoms with Crippen molar-refractivity contribution < 1.29 is 17.2 Å². The van der Waals surface area contributed by atoms with Crippen molar-refractivity contribution in [2.75, 3.05) is 11.5 Å². The molecule has 0 spiro atoms. The number of alkyl halides is 2. The Bertz CT molecular complexity index is 529. The Morgan fingerprint density at radius 1 is 1.61 bits per heavy atom. The van der Waals surface area contributed by atoms with E-state index in [1.807, 2.05) is 0 Å². The highest BCUT2D eigenvalue weighted by Gasteiger charge is 2.38. The standard InChI is InChI=1S/C10H15F2N3O2S/c1-10(2-5-18(16,17)7-10)14-6-8-13-3-4-15(8)9(11)12/h3-4,9,14H,2,5-7H2,1H3. The molecule has 0 aromatic carbocycles. The maximum Gasteiger partial charge on any atom is 0.319 e. The molecule has 2 heterocycles. The zero-order chi connectivity index (χ0) is 13.4. The Labute approximate surface area is 104 Å². The van der Waals surface area contributed by atoms with Gasteiger partial charge < -0.3 is 5.32 Å². The second kappa shape index (κ2) is 4.58. The van der Waals surface area contributed by atoms with Crippen LogP contribution in [-0.2, 0) is 16.4 Å². The lowest BCUT2D eigenvalue weighted by Gasteiger charge is -2.23. The SMILES string of the molecule is CC1(NCc2nccn2C(F)F)CCS(=O)(=O)C1. The number of nitrogens with one attached hydrogen (secondary N) is 1. The van der Waals surface area contributed by atoms with Crippen LogP contribution in [0.15, 0.2) is 12.4 Å². The van der Waals surface area contributed by atoms with Crippen LogP contribution in [0.2, 0.25) is 0 Å². The first-order chi connectivity index (χ1) is 8.31. The van der Waals surface area contributed by atoms with E-state index in [9.17, 15) is 17.2 Å². The van der Waals surface area contributed by atoms with E-state index in [1.54, 1.807) is 6.92 Å². The Kier molecular flexibility index (Phi) is 3.41. The smallest absolute Gasteiger partial charge is 0.304 e. The fourth-order valence-electron chi connectivity index (χ4n) is 2.10. The van der Waals surface area contributed by atoms with Crippen molar-refractivity contribution in [2.45, 2.75) is 32.0 Å². The van der Waals surface area contributed by atoms with Crippen LogP contribution in [0.4, 0.5) is 8.78 Å². The topological polar surface area (TPSA) is 64.0 Å². The van der Waals surface area contributed by atoms with Crippen molar-refractivity contribution in [3.05, 3.63) is 18.2 Å². The van der Waals surface area contributed by atoms with Crippen LogP contribution in [0.5, 0.6) is 0 Å². The Morgan fingerprint density at radius 3 is 2.89 bits per heavy atom. The normalized spacial score (nSPS) is 26.9. The molecule has 1 aromatic rings. The van der Waals surface area contributed by atoms with Crippen molar-refractivity contribution >= 4 is 9.84 Å². The second-order valence-electron chi connectivity index (χ2n) is 4.78. The molecule has 18 heavy (non-hydrogen) atoms. The molecule has 1 aliphatic rings. The summed E-state index contributed by atoms with van der Waals surface area (Å²) in [7, 11) is -3.01. The molecule has 1 N–H and O–H groups in total. The fraction of sp³-hybridized carbons (Fsp3) is 0.700. The maximum atomic E-state index is 12.6. The minimum absolute atomic E-state index is 0.0371. The van der Waals surface area contributed by atoms with Gasteiger partial charge >= 0.3 is 6.55 Å². The Balaban J connectivity index is 2.02. The average molecular weight is 279 g/mol. The van der Waals surface area contributed by atoms with E-state index < -0.39 is 21.9 Å². The third-order valence-corrected chi connectivity index (χ3v) is 5.04. The summed E-state index contributed by atoms with van der Waals surface area (Å²) >= 11 is 0. The number of imidazole rings is 1. The van der Waals surface area contributed by atoms with Gasteiger partial charge in [-0.1, -0.05) is 0 Å². The number of hydrogen-bond donors (Lipinski definition) is 1. The number of halogens is 2. The molecule has 8 heteroatoms. The minimum Gasteiger partial charge on any atom is -0.304 e. The number of rotatable bonds is 4. The molecule has 0 bridgehead atoms. The lowest BCUT2D eigenvalue weighted by atomic mass is 10.0. The van der Waals surface area contributed by atoms with Crippen LogP contribution < -0.4 is 5.32 Å². The minimum atomic E-state index is -3.01. The largest absolute Gasteiger partial charge is 0.319 e. The van der Waals surface area contributed by atoms with Gasteiger partial charge in [-0.05, 0) is 13.3 Å². The number of nitrogens with zero attached hydrogens (tertiary/aromatic N) is 2. The van der Waals surface area contributed by atoms with Crippen molar-refractivity contribution in [2.24, 2.45) is 0 Å².